The normalized spacial score (nSPS) is 10.0. The summed E-state index contributed by atoms with van der Waals surface area (Å²) in [6.45, 7) is 3.69. The molecule has 0 radical (unpaired) electrons. The van der Waals surface area contributed by atoms with Crippen LogP contribution in [-0.4, -0.2) is 16.5 Å². The number of carbonyl (C=O) groups excluding carboxylic acids is 1. The van der Waals surface area contributed by atoms with Gasteiger partial charge >= 0.3 is 0 Å². The highest BCUT2D eigenvalue weighted by Crippen LogP contribution is 2.15. The zero-order valence-electron chi connectivity index (χ0n) is 7.91. The van der Waals surface area contributed by atoms with E-state index in [4.69, 9.17) is 0 Å². The molecule has 0 bridgehead atoms. The van der Waals surface area contributed by atoms with Crippen molar-refractivity contribution in [2.45, 2.75) is 25.3 Å². The molecule has 1 heterocycles. The number of thioether (sulfide) groups is 1. The van der Waals surface area contributed by atoms with Gasteiger partial charge in [-0.15, -0.1) is 11.8 Å². The molecule has 0 atom stereocenters. The molecule has 2 nitrogen and oxygen atoms in total. The number of aromatic nitrogens is 1. The minimum Gasteiger partial charge on any atom is -0.294 e. The molecule has 3 heteroatoms. The monoisotopic (exact) mass is 195 g/mol. The summed E-state index contributed by atoms with van der Waals surface area (Å²) < 4.78 is 0. The van der Waals surface area contributed by atoms with Gasteiger partial charge in [0.25, 0.3) is 0 Å². The Kier molecular flexibility index (Phi) is 3.96. The van der Waals surface area contributed by atoms with Gasteiger partial charge in [-0.3, -0.25) is 4.79 Å². The molecular formula is C10H13NOS. The predicted octanol–water partition coefficient (Wildman–Crippen LogP) is 2.79. The third-order valence-electron chi connectivity index (χ3n) is 1.60. The van der Waals surface area contributed by atoms with Crippen LogP contribution in [0.3, 0.4) is 0 Å². The van der Waals surface area contributed by atoms with Crippen LogP contribution < -0.4 is 0 Å². The van der Waals surface area contributed by atoms with E-state index in [9.17, 15) is 4.79 Å². The largest absolute Gasteiger partial charge is 0.294 e. The highest BCUT2D eigenvalue weighted by molar-refractivity contribution is 7.99. The topological polar surface area (TPSA) is 30.0 Å². The summed E-state index contributed by atoms with van der Waals surface area (Å²) in [5.41, 5.74) is 0.681. The molecule has 70 valence electrons. The lowest BCUT2D eigenvalue weighted by Crippen LogP contribution is -1.93. The fourth-order valence-electron chi connectivity index (χ4n) is 0.881. The second kappa shape index (κ2) is 5.02. The van der Waals surface area contributed by atoms with Crippen LogP contribution in [0.25, 0.3) is 0 Å². The fraction of sp³-hybridized carbons (Fsp3) is 0.400. The third kappa shape index (κ3) is 3.19. The van der Waals surface area contributed by atoms with Crippen molar-refractivity contribution < 1.29 is 4.79 Å². The van der Waals surface area contributed by atoms with Crippen LogP contribution in [0.1, 0.15) is 30.6 Å². The quantitative estimate of drug-likeness (QED) is 0.546. The zero-order chi connectivity index (χ0) is 9.68. The summed E-state index contributed by atoms with van der Waals surface area (Å²) in [6, 6.07) is 3.73. The SMILES string of the molecule is CCCSc1ccc(C(C)=O)cn1. The van der Waals surface area contributed by atoms with E-state index in [1.807, 2.05) is 12.1 Å². The lowest BCUT2D eigenvalue weighted by Gasteiger charge is -1.99. The van der Waals surface area contributed by atoms with Gasteiger partial charge in [-0.1, -0.05) is 6.92 Å². The van der Waals surface area contributed by atoms with Crippen LogP contribution >= 0.6 is 11.8 Å². The van der Waals surface area contributed by atoms with E-state index in [1.54, 1.807) is 24.9 Å². The summed E-state index contributed by atoms with van der Waals surface area (Å²) in [5.74, 6) is 1.14. The molecule has 0 aliphatic rings. The lowest BCUT2D eigenvalue weighted by atomic mass is 10.2. The highest BCUT2D eigenvalue weighted by Gasteiger charge is 1.99. The second-order valence-corrected chi connectivity index (χ2v) is 3.90. The van der Waals surface area contributed by atoms with Gasteiger partial charge in [0.1, 0.15) is 0 Å². The molecule has 1 aromatic heterocycles. The Balaban J connectivity index is 2.64. The Morgan fingerprint density at radius 1 is 1.54 bits per heavy atom. The Hall–Kier alpha value is -0.830. The molecule has 0 spiro atoms. The number of hydrogen-bond acceptors (Lipinski definition) is 3. The van der Waals surface area contributed by atoms with Gasteiger partial charge in [-0.05, 0) is 31.2 Å². The zero-order valence-corrected chi connectivity index (χ0v) is 8.73. The van der Waals surface area contributed by atoms with Gasteiger partial charge in [-0.2, -0.15) is 0 Å². The number of ketones is 1. The summed E-state index contributed by atoms with van der Waals surface area (Å²) in [5, 5.41) is 0.992. The van der Waals surface area contributed by atoms with Crippen molar-refractivity contribution in [3.63, 3.8) is 0 Å². The van der Waals surface area contributed by atoms with Gasteiger partial charge in [0.15, 0.2) is 5.78 Å². The number of pyridine rings is 1. The minimum atomic E-state index is 0.0690. The molecule has 0 unspecified atom stereocenters. The molecule has 0 saturated heterocycles. The molecule has 0 saturated carbocycles. The number of hydrogen-bond donors (Lipinski definition) is 0. The molecule has 13 heavy (non-hydrogen) atoms. The molecule has 0 fully saturated rings. The summed E-state index contributed by atoms with van der Waals surface area (Å²) in [6.07, 6.45) is 2.78. The molecule has 0 aliphatic carbocycles. The molecule has 0 N–H and O–H groups in total. The fourth-order valence-corrected chi connectivity index (χ4v) is 1.59. The molecule has 1 rings (SSSR count). The van der Waals surface area contributed by atoms with Crippen molar-refractivity contribution in [2.75, 3.05) is 5.75 Å². The van der Waals surface area contributed by atoms with Crippen molar-refractivity contribution in [3.8, 4) is 0 Å². The van der Waals surface area contributed by atoms with Crippen LogP contribution in [0, 0.1) is 0 Å². The van der Waals surface area contributed by atoms with Crippen LogP contribution in [0.4, 0.5) is 0 Å². The average molecular weight is 195 g/mol. The maximum Gasteiger partial charge on any atom is 0.161 e. The summed E-state index contributed by atoms with van der Waals surface area (Å²) >= 11 is 1.72. The van der Waals surface area contributed by atoms with E-state index >= 15 is 0 Å². The van der Waals surface area contributed by atoms with Crippen molar-refractivity contribution in [3.05, 3.63) is 23.9 Å². The van der Waals surface area contributed by atoms with E-state index in [0.717, 1.165) is 17.2 Å². The Bertz CT molecular complexity index is 281. The predicted molar refractivity (Wildman–Crippen MR) is 55.3 cm³/mol. The van der Waals surface area contributed by atoms with E-state index in [-0.39, 0.29) is 5.78 Å². The van der Waals surface area contributed by atoms with Crippen molar-refractivity contribution in [2.24, 2.45) is 0 Å². The molecule has 0 amide bonds. The summed E-state index contributed by atoms with van der Waals surface area (Å²) in [7, 11) is 0. The van der Waals surface area contributed by atoms with Gasteiger partial charge in [0, 0.05) is 11.8 Å². The van der Waals surface area contributed by atoms with E-state index < -0.39 is 0 Å². The minimum absolute atomic E-state index is 0.0690. The van der Waals surface area contributed by atoms with Crippen molar-refractivity contribution in [1.82, 2.24) is 4.98 Å². The average Bonchev–Trinajstić information content (AvgIpc) is 2.15. The van der Waals surface area contributed by atoms with Crippen LogP contribution in [0.15, 0.2) is 23.4 Å². The second-order valence-electron chi connectivity index (χ2n) is 2.79. The van der Waals surface area contributed by atoms with E-state index in [2.05, 4.69) is 11.9 Å². The van der Waals surface area contributed by atoms with Gasteiger partial charge in [-0.25, -0.2) is 4.98 Å². The Morgan fingerprint density at radius 3 is 2.77 bits per heavy atom. The van der Waals surface area contributed by atoms with Gasteiger partial charge in [0.05, 0.1) is 5.03 Å². The molecule has 1 aromatic rings. The Morgan fingerprint density at radius 2 is 2.31 bits per heavy atom. The van der Waals surface area contributed by atoms with E-state index in [0.29, 0.717) is 5.56 Å². The maximum atomic E-state index is 10.9. The number of carbonyl (C=O) groups is 1. The standard InChI is InChI=1S/C10H13NOS/c1-3-6-13-10-5-4-9(7-11-10)8(2)12/h4-5,7H,3,6H2,1-2H3. The van der Waals surface area contributed by atoms with Gasteiger partial charge in [0.2, 0.25) is 0 Å². The molecular weight excluding hydrogens is 182 g/mol. The van der Waals surface area contributed by atoms with Crippen LogP contribution in [0.5, 0.6) is 0 Å². The first-order valence-corrected chi connectivity index (χ1v) is 5.32. The lowest BCUT2D eigenvalue weighted by molar-refractivity contribution is 0.101. The van der Waals surface area contributed by atoms with E-state index in [1.165, 1.54) is 0 Å². The first-order valence-electron chi connectivity index (χ1n) is 4.34. The number of rotatable bonds is 4. The Labute approximate surface area is 82.8 Å². The van der Waals surface area contributed by atoms with Crippen LogP contribution in [0.2, 0.25) is 0 Å². The van der Waals surface area contributed by atoms with Crippen LogP contribution in [-0.2, 0) is 0 Å². The first-order chi connectivity index (χ1) is 6.24. The number of nitrogens with zero attached hydrogens (tertiary/aromatic N) is 1. The van der Waals surface area contributed by atoms with Crippen molar-refractivity contribution >= 4 is 17.5 Å². The maximum absolute atomic E-state index is 10.9. The van der Waals surface area contributed by atoms with Gasteiger partial charge < -0.3 is 0 Å². The molecule has 0 aliphatic heterocycles. The highest BCUT2D eigenvalue weighted by atomic mass is 32.2. The van der Waals surface area contributed by atoms with Crippen molar-refractivity contribution in [1.29, 1.82) is 0 Å². The number of Topliss-reactive ketones (excluding diaryl/α,β-unsaturated/α-hetero) is 1. The molecule has 0 aromatic carbocycles. The smallest absolute Gasteiger partial charge is 0.161 e. The first kappa shape index (κ1) is 10.3. The third-order valence-corrected chi connectivity index (χ3v) is 2.75. The summed E-state index contributed by atoms with van der Waals surface area (Å²) in [4.78, 5) is 15.1.